The Balaban J connectivity index is 2.49. The van der Waals surface area contributed by atoms with Crippen LogP contribution >= 0.6 is 0 Å². The number of carbonyl (C=O) groups excluding carboxylic acids is 1. The van der Waals surface area contributed by atoms with Gasteiger partial charge in [-0.15, -0.1) is 0 Å². The van der Waals surface area contributed by atoms with Gasteiger partial charge < -0.3 is 4.90 Å². The number of aryl methyl sites for hydroxylation is 1. The molecule has 0 saturated carbocycles. The summed E-state index contributed by atoms with van der Waals surface area (Å²) in [5.41, 5.74) is 2.70. The molecular formula is C15H14FNO. The predicted octanol–water partition coefficient (Wildman–Crippen LogP) is 3.71. The first kappa shape index (κ1) is 12.3. The SMILES string of the molecule is Cc1ccc(N(C)c2ccccc2F)c(C=O)c1. The Hall–Kier alpha value is -2.16. The number of halogens is 1. The number of nitrogens with zero attached hydrogens (tertiary/aromatic N) is 1. The van der Waals surface area contributed by atoms with Crippen molar-refractivity contribution >= 4 is 17.7 Å². The molecule has 0 unspecified atom stereocenters. The third-order valence-electron chi connectivity index (χ3n) is 2.89. The molecule has 18 heavy (non-hydrogen) atoms. The van der Waals surface area contributed by atoms with Gasteiger partial charge in [-0.05, 0) is 31.2 Å². The van der Waals surface area contributed by atoms with Crippen molar-refractivity contribution in [2.45, 2.75) is 6.92 Å². The first-order valence-corrected chi connectivity index (χ1v) is 5.67. The fourth-order valence-electron chi connectivity index (χ4n) is 1.93. The van der Waals surface area contributed by atoms with Gasteiger partial charge in [0.2, 0.25) is 0 Å². The van der Waals surface area contributed by atoms with Gasteiger partial charge in [0, 0.05) is 12.6 Å². The summed E-state index contributed by atoms with van der Waals surface area (Å²) in [5.74, 6) is -0.308. The lowest BCUT2D eigenvalue weighted by Gasteiger charge is -2.21. The Labute approximate surface area is 106 Å². The maximum atomic E-state index is 13.7. The molecule has 2 aromatic rings. The lowest BCUT2D eigenvalue weighted by molar-refractivity contribution is 0.112. The number of anilines is 2. The first-order valence-electron chi connectivity index (χ1n) is 5.67. The minimum absolute atomic E-state index is 0.308. The largest absolute Gasteiger partial charge is 0.342 e. The zero-order valence-electron chi connectivity index (χ0n) is 10.4. The van der Waals surface area contributed by atoms with Crippen molar-refractivity contribution in [2.24, 2.45) is 0 Å². The third-order valence-corrected chi connectivity index (χ3v) is 2.89. The highest BCUT2D eigenvalue weighted by molar-refractivity contribution is 5.87. The Morgan fingerprint density at radius 2 is 1.83 bits per heavy atom. The average Bonchev–Trinajstić information content (AvgIpc) is 2.38. The standard InChI is InChI=1S/C15H14FNO/c1-11-7-8-14(12(9-11)10-18)17(2)15-6-4-3-5-13(15)16/h3-10H,1-2H3. The number of benzene rings is 2. The summed E-state index contributed by atoms with van der Waals surface area (Å²) in [7, 11) is 1.75. The van der Waals surface area contributed by atoms with Gasteiger partial charge in [0.15, 0.2) is 6.29 Å². The number of para-hydroxylation sites is 1. The highest BCUT2D eigenvalue weighted by Gasteiger charge is 2.12. The number of rotatable bonds is 3. The smallest absolute Gasteiger partial charge is 0.152 e. The zero-order chi connectivity index (χ0) is 13.1. The van der Waals surface area contributed by atoms with Crippen molar-refractivity contribution in [1.82, 2.24) is 0 Å². The van der Waals surface area contributed by atoms with E-state index in [1.165, 1.54) is 6.07 Å². The quantitative estimate of drug-likeness (QED) is 0.766. The van der Waals surface area contributed by atoms with Crippen molar-refractivity contribution in [3.63, 3.8) is 0 Å². The predicted molar refractivity (Wildman–Crippen MR) is 71.0 cm³/mol. The summed E-state index contributed by atoms with van der Waals surface area (Å²) < 4.78 is 13.7. The Bertz CT molecular complexity index is 580. The van der Waals surface area contributed by atoms with Gasteiger partial charge in [-0.2, -0.15) is 0 Å². The summed E-state index contributed by atoms with van der Waals surface area (Å²) in [6, 6.07) is 12.0. The molecular weight excluding hydrogens is 229 g/mol. The van der Waals surface area contributed by atoms with Gasteiger partial charge in [-0.1, -0.05) is 23.8 Å². The van der Waals surface area contributed by atoms with Crippen LogP contribution in [0.15, 0.2) is 42.5 Å². The molecule has 0 aliphatic rings. The highest BCUT2D eigenvalue weighted by atomic mass is 19.1. The zero-order valence-corrected chi connectivity index (χ0v) is 10.4. The lowest BCUT2D eigenvalue weighted by Crippen LogP contribution is -2.13. The molecule has 0 bridgehead atoms. The number of hydrogen-bond donors (Lipinski definition) is 0. The molecule has 0 amide bonds. The van der Waals surface area contributed by atoms with Crippen LogP contribution < -0.4 is 4.90 Å². The van der Waals surface area contributed by atoms with E-state index in [0.29, 0.717) is 16.9 Å². The van der Waals surface area contributed by atoms with Crippen LogP contribution in [0.4, 0.5) is 15.8 Å². The molecule has 92 valence electrons. The minimum Gasteiger partial charge on any atom is -0.342 e. The number of hydrogen-bond acceptors (Lipinski definition) is 2. The number of aldehydes is 1. The third kappa shape index (κ3) is 2.25. The van der Waals surface area contributed by atoms with Crippen molar-refractivity contribution in [1.29, 1.82) is 0 Å². The van der Waals surface area contributed by atoms with E-state index in [4.69, 9.17) is 0 Å². The van der Waals surface area contributed by atoms with Gasteiger partial charge in [-0.3, -0.25) is 4.79 Å². The molecule has 3 heteroatoms. The van der Waals surface area contributed by atoms with E-state index >= 15 is 0 Å². The van der Waals surface area contributed by atoms with Crippen LogP contribution in [-0.4, -0.2) is 13.3 Å². The molecule has 0 heterocycles. The van der Waals surface area contributed by atoms with Crippen molar-refractivity contribution in [3.05, 3.63) is 59.4 Å². The van der Waals surface area contributed by atoms with Crippen LogP contribution in [0.1, 0.15) is 15.9 Å². The summed E-state index contributed by atoms with van der Waals surface area (Å²) in [6.07, 6.45) is 0.791. The Morgan fingerprint density at radius 3 is 2.50 bits per heavy atom. The second-order valence-corrected chi connectivity index (χ2v) is 4.19. The van der Waals surface area contributed by atoms with E-state index in [0.717, 1.165) is 11.8 Å². The van der Waals surface area contributed by atoms with Crippen molar-refractivity contribution in [2.75, 3.05) is 11.9 Å². The van der Waals surface area contributed by atoms with E-state index in [1.807, 2.05) is 19.1 Å². The van der Waals surface area contributed by atoms with Crippen LogP contribution in [0.5, 0.6) is 0 Å². The van der Waals surface area contributed by atoms with Gasteiger partial charge in [-0.25, -0.2) is 4.39 Å². The Kier molecular flexibility index (Phi) is 3.42. The fraction of sp³-hybridized carbons (Fsp3) is 0.133. The molecule has 0 saturated heterocycles. The van der Waals surface area contributed by atoms with Crippen LogP contribution in [-0.2, 0) is 0 Å². The monoisotopic (exact) mass is 243 g/mol. The van der Waals surface area contributed by atoms with Crippen LogP contribution in [0.25, 0.3) is 0 Å². The Morgan fingerprint density at radius 1 is 1.11 bits per heavy atom. The lowest BCUT2D eigenvalue weighted by atomic mass is 10.1. The molecule has 0 atom stereocenters. The van der Waals surface area contributed by atoms with Crippen LogP contribution in [0, 0.1) is 12.7 Å². The number of carbonyl (C=O) groups is 1. The van der Waals surface area contributed by atoms with Gasteiger partial charge in [0.1, 0.15) is 5.82 Å². The summed E-state index contributed by atoms with van der Waals surface area (Å²) >= 11 is 0. The average molecular weight is 243 g/mol. The maximum absolute atomic E-state index is 13.7. The molecule has 2 aromatic carbocycles. The molecule has 2 nitrogen and oxygen atoms in total. The van der Waals surface area contributed by atoms with E-state index < -0.39 is 0 Å². The summed E-state index contributed by atoms with van der Waals surface area (Å²) in [4.78, 5) is 12.8. The second-order valence-electron chi connectivity index (χ2n) is 4.19. The maximum Gasteiger partial charge on any atom is 0.152 e. The normalized spacial score (nSPS) is 10.2. The van der Waals surface area contributed by atoms with Crippen LogP contribution in [0.2, 0.25) is 0 Å². The molecule has 0 spiro atoms. The van der Waals surface area contributed by atoms with E-state index in [-0.39, 0.29) is 5.82 Å². The first-order chi connectivity index (χ1) is 8.63. The topological polar surface area (TPSA) is 20.3 Å². The highest BCUT2D eigenvalue weighted by Crippen LogP contribution is 2.28. The molecule has 2 rings (SSSR count). The molecule has 0 radical (unpaired) electrons. The minimum atomic E-state index is -0.308. The van der Waals surface area contributed by atoms with Gasteiger partial charge >= 0.3 is 0 Å². The van der Waals surface area contributed by atoms with Gasteiger partial charge in [0.05, 0.1) is 11.4 Å². The summed E-state index contributed by atoms with van der Waals surface area (Å²) in [6.45, 7) is 1.92. The van der Waals surface area contributed by atoms with E-state index in [1.54, 1.807) is 36.2 Å². The van der Waals surface area contributed by atoms with Gasteiger partial charge in [0.25, 0.3) is 0 Å². The molecule has 0 fully saturated rings. The fourth-order valence-corrected chi connectivity index (χ4v) is 1.93. The van der Waals surface area contributed by atoms with E-state index in [9.17, 15) is 9.18 Å². The molecule has 0 N–H and O–H groups in total. The van der Waals surface area contributed by atoms with Crippen molar-refractivity contribution < 1.29 is 9.18 Å². The second kappa shape index (κ2) is 5.00. The molecule has 0 aliphatic carbocycles. The van der Waals surface area contributed by atoms with Crippen LogP contribution in [0.3, 0.4) is 0 Å². The van der Waals surface area contributed by atoms with Crippen molar-refractivity contribution in [3.8, 4) is 0 Å². The van der Waals surface area contributed by atoms with E-state index in [2.05, 4.69) is 0 Å². The summed E-state index contributed by atoms with van der Waals surface area (Å²) in [5, 5.41) is 0. The molecule has 0 aliphatic heterocycles. The molecule has 0 aromatic heterocycles.